The van der Waals surface area contributed by atoms with Crippen molar-refractivity contribution in [2.45, 2.75) is 26.4 Å². The molecular formula is C20H21N3O3. The topological polar surface area (TPSA) is 77.2 Å². The zero-order valence-electron chi connectivity index (χ0n) is 14.8. The van der Waals surface area contributed by atoms with Crippen LogP contribution in [-0.2, 0) is 6.61 Å². The number of aryl methyl sites for hydroxylation is 1. The van der Waals surface area contributed by atoms with Crippen LogP contribution in [0.15, 0.2) is 59.1 Å². The summed E-state index contributed by atoms with van der Waals surface area (Å²) in [4.78, 5) is 16.7. The van der Waals surface area contributed by atoms with E-state index < -0.39 is 0 Å². The minimum absolute atomic E-state index is 0.141. The normalized spacial score (nSPS) is 11.8. The molecule has 6 nitrogen and oxygen atoms in total. The van der Waals surface area contributed by atoms with E-state index >= 15 is 0 Å². The van der Waals surface area contributed by atoms with Gasteiger partial charge < -0.3 is 14.6 Å². The second-order valence-corrected chi connectivity index (χ2v) is 6.04. The van der Waals surface area contributed by atoms with E-state index in [-0.39, 0.29) is 18.4 Å². The van der Waals surface area contributed by atoms with Crippen molar-refractivity contribution >= 4 is 5.91 Å². The van der Waals surface area contributed by atoms with Crippen LogP contribution in [0.5, 0.6) is 5.75 Å². The van der Waals surface area contributed by atoms with Crippen LogP contribution >= 0.6 is 0 Å². The first-order valence-corrected chi connectivity index (χ1v) is 8.47. The lowest BCUT2D eigenvalue weighted by Crippen LogP contribution is -2.28. The molecule has 26 heavy (non-hydrogen) atoms. The van der Waals surface area contributed by atoms with Crippen LogP contribution in [-0.4, -0.2) is 22.6 Å². The molecule has 0 aliphatic heterocycles. The lowest BCUT2D eigenvalue weighted by molar-refractivity contribution is 0.0947. The summed E-state index contributed by atoms with van der Waals surface area (Å²) in [5, 5.41) is 6.76. The lowest BCUT2D eigenvalue weighted by atomic mass is 10.0. The molecule has 1 atom stereocenters. The number of carbonyl (C=O) groups is 1. The number of hydrogen-bond acceptors (Lipinski definition) is 5. The molecule has 6 heteroatoms. The molecule has 1 aromatic heterocycles. The number of rotatable bonds is 7. The molecule has 1 N–H and O–H groups in total. The van der Waals surface area contributed by atoms with Crippen LogP contribution in [0.2, 0.25) is 0 Å². The van der Waals surface area contributed by atoms with Gasteiger partial charge in [-0.3, -0.25) is 4.79 Å². The summed E-state index contributed by atoms with van der Waals surface area (Å²) >= 11 is 0. The number of benzene rings is 2. The third kappa shape index (κ3) is 4.47. The van der Waals surface area contributed by atoms with Gasteiger partial charge in [-0.25, -0.2) is 0 Å². The predicted octanol–water partition coefficient (Wildman–Crippen LogP) is 3.49. The molecule has 0 radical (unpaired) electrons. The predicted molar refractivity (Wildman–Crippen MR) is 97.0 cm³/mol. The Balaban J connectivity index is 1.62. The molecule has 0 saturated heterocycles. The number of nitrogens with zero attached hydrogens (tertiary/aromatic N) is 2. The van der Waals surface area contributed by atoms with Gasteiger partial charge in [-0.2, -0.15) is 4.98 Å². The van der Waals surface area contributed by atoms with E-state index in [9.17, 15) is 4.79 Å². The zero-order chi connectivity index (χ0) is 18.4. The molecule has 0 spiro atoms. The average Bonchev–Trinajstić information content (AvgIpc) is 3.10. The summed E-state index contributed by atoms with van der Waals surface area (Å²) in [5.74, 6) is 1.45. The summed E-state index contributed by atoms with van der Waals surface area (Å²) in [6.45, 7) is 4.48. The Morgan fingerprint density at radius 3 is 2.62 bits per heavy atom. The van der Waals surface area contributed by atoms with Crippen LogP contribution in [0.25, 0.3) is 0 Å². The summed E-state index contributed by atoms with van der Waals surface area (Å²) in [7, 11) is 0. The highest BCUT2D eigenvalue weighted by molar-refractivity contribution is 5.96. The fourth-order valence-electron chi connectivity index (χ4n) is 2.56. The number of amides is 1. The van der Waals surface area contributed by atoms with Crippen LogP contribution in [0.3, 0.4) is 0 Å². The quantitative estimate of drug-likeness (QED) is 0.705. The minimum atomic E-state index is -0.173. The largest absolute Gasteiger partial charge is 0.485 e. The Morgan fingerprint density at radius 2 is 1.88 bits per heavy atom. The first-order valence-electron chi connectivity index (χ1n) is 8.47. The molecule has 1 amide bonds. The highest BCUT2D eigenvalue weighted by Gasteiger charge is 2.14. The number of ether oxygens (including phenoxy) is 1. The van der Waals surface area contributed by atoms with E-state index in [1.807, 2.05) is 24.3 Å². The number of nitrogens with one attached hydrogen (secondary N) is 1. The second-order valence-electron chi connectivity index (χ2n) is 6.04. The summed E-state index contributed by atoms with van der Waals surface area (Å²) in [5.41, 5.74) is 1.66. The van der Waals surface area contributed by atoms with Gasteiger partial charge in [0.1, 0.15) is 5.75 Å². The highest BCUT2D eigenvalue weighted by Crippen LogP contribution is 2.20. The van der Waals surface area contributed by atoms with E-state index in [0.29, 0.717) is 29.6 Å². The van der Waals surface area contributed by atoms with E-state index in [2.05, 4.69) is 34.5 Å². The van der Waals surface area contributed by atoms with Gasteiger partial charge in [0.05, 0.1) is 5.56 Å². The SMILES string of the molecule is Cc1nc(COc2ccccc2C(=O)NC[C@H](C)c2ccccc2)no1. The van der Waals surface area contributed by atoms with Crippen molar-refractivity contribution in [3.8, 4) is 5.75 Å². The molecule has 0 fully saturated rings. The first-order chi connectivity index (χ1) is 12.6. The zero-order valence-corrected chi connectivity index (χ0v) is 14.8. The van der Waals surface area contributed by atoms with Gasteiger partial charge in [-0.15, -0.1) is 0 Å². The molecule has 1 heterocycles. The van der Waals surface area contributed by atoms with Crippen LogP contribution in [0.1, 0.15) is 40.5 Å². The Morgan fingerprint density at radius 1 is 1.15 bits per heavy atom. The Labute approximate surface area is 152 Å². The second kappa shape index (κ2) is 8.29. The lowest BCUT2D eigenvalue weighted by Gasteiger charge is -2.14. The third-order valence-electron chi connectivity index (χ3n) is 4.00. The number of hydrogen-bond donors (Lipinski definition) is 1. The first kappa shape index (κ1) is 17.7. The molecule has 0 saturated carbocycles. The van der Waals surface area contributed by atoms with Crippen LogP contribution in [0, 0.1) is 6.92 Å². The molecule has 0 unspecified atom stereocenters. The molecule has 134 valence electrons. The van der Waals surface area contributed by atoms with Gasteiger partial charge in [-0.1, -0.05) is 54.5 Å². The summed E-state index contributed by atoms with van der Waals surface area (Å²) in [6.07, 6.45) is 0. The van der Waals surface area contributed by atoms with E-state index in [0.717, 1.165) is 0 Å². The minimum Gasteiger partial charge on any atom is -0.485 e. The third-order valence-corrected chi connectivity index (χ3v) is 4.00. The Bertz CT molecular complexity index is 862. The van der Waals surface area contributed by atoms with Gasteiger partial charge in [0.25, 0.3) is 5.91 Å². The average molecular weight is 351 g/mol. The van der Waals surface area contributed by atoms with E-state index in [1.165, 1.54) is 5.56 Å². The van der Waals surface area contributed by atoms with Crippen molar-refractivity contribution in [2.75, 3.05) is 6.54 Å². The molecular weight excluding hydrogens is 330 g/mol. The Kier molecular flexibility index (Phi) is 5.63. The maximum atomic E-state index is 12.6. The molecule has 3 rings (SSSR count). The fourth-order valence-corrected chi connectivity index (χ4v) is 2.56. The maximum absolute atomic E-state index is 12.6. The number of carbonyl (C=O) groups excluding carboxylic acids is 1. The standard InChI is InChI=1S/C20H21N3O3/c1-14(16-8-4-3-5-9-16)12-21-20(24)17-10-6-7-11-18(17)25-13-19-22-15(2)26-23-19/h3-11,14H,12-13H2,1-2H3,(H,21,24)/t14-/m0/s1. The van der Waals surface area contributed by atoms with Crippen LogP contribution in [0.4, 0.5) is 0 Å². The van der Waals surface area contributed by atoms with Crippen molar-refractivity contribution in [3.63, 3.8) is 0 Å². The smallest absolute Gasteiger partial charge is 0.255 e. The van der Waals surface area contributed by atoms with Crippen molar-refractivity contribution in [3.05, 3.63) is 77.4 Å². The summed E-state index contributed by atoms with van der Waals surface area (Å²) < 4.78 is 10.6. The van der Waals surface area contributed by atoms with Gasteiger partial charge >= 0.3 is 0 Å². The van der Waals surface area contributed by atoms with Gasteiger partial charge in [0.2, 0.25) is 11.7 Å². The molecule has 0 bridgehead atoms. The molecule has 2 aromatic carbocycles. The van der Waals surface area contributed by atoms with Crippen molar-refractivity contribution in [1.29, 1.82) is 0 Å². The maximum Gasteiger partial charge on any atom is 0.255 e. The van der Waals surface area contributed by atoms with E-state index in [1.54, 1.807) is 25.1 Å². The van der Waals surface area contributed by atoms with Gasteiger partial charge in [-0.05, 0) is 23.6 Å². The van der Waals surface area contributed by atoms with Crippen molar-refractivity contribution in [2.24, 2.45) is 0 Å². The molecule has 0 aliphatic rings. The number of para-hydroxylation sites is 1. The number of aromatic nitrogens is 2. The van der Waals surface area contributed by atoms with Gasteiger partial charge in [0, 0.05) is 13.5 Å². The van der Waals surface area contributed by atoms with Crippen molar-refractivity contribution < 1.29 is 14.1 Å². The van der Waals surface area contributed by atoms with Crippen molar-refractivity contribution in [1.82, 2.24) is 15.5 Å². The van der Waals surface area contributed by atoms with Crippen LogP contribution < -0.4 is 10.1 Å². The molecule has 0 aliphatic carbocycles. The van der Waals surface area contributed by atoms with E-state index in [4.69, 9.17) is 9.26 Å². The Hall–Kier alpha value is -3.15. The molecule has 3 aromatic rings. The fraction of sp³-hybridized carbons (Fsp3) is 0.250. The summed E-state index contributed by atoms with van der Waals surface area (Å²) in [6, 6.07) is 17.2. The highest BCUT2D eigenvalue weighted by atomic mass is 16.5. The van der Waals surface area contributed by atoms with Gasteiger partial charge in [0.15, 0.2) is 6.61 Å². The monoisotopic (exact) mass is 351 g/mol.